The average molecular weight is 239 g/mol. The molecular weight excluding hydrogens is 230 g/mol. The van der Waals surface area contributed by atoms with Gasteiger partial charge in [-0.05, 0) is 19.1 Å². The standard InChI is InChI=1S/C10H9NO6/c1-6(9(12)13)17-10(14)7-2-4-8(5-3-7)11(15)16/h2-6H,1H3,(H,12,13). The summed E-state index contributed by atoms with van der Waals surface area (Å²) in [4.78, 5) is 31.6. The summed E-state index contributed by atoms with van der Waals surface area (Å²) in [7, 11) is 0. The van der Waals surface area contributed by atoms with Gasteiger partial charge < -0.3 is 9.84 Å². The van der Waals surface area contributed by atoms with Crippen molar-refractivity contribution < 1.29 is 24.4 Å². The average Bonchev–Trinajstić information content (AvgIpc) is 2.28. The minimum absolute atomic E-state index is 0.0590. The number of carboxylic acids is 1. The van der Waals surface area contributed by atoms with Gasteiger partial charge in [0.15, 0.2) is 6.10 Å². The highest BCUT2D eigenvalue weighted by Gasteiger charge is 2.18. The first-order valence-corrected chi connectivity index (χ1v) is 4.60. The largest absolute Gasteiger partial charge is 0.479 e. The monoisotopic (exact) mass is 239 g/mol. The molecular formula is C10H9NO6. The number of benzene rings is 1. The first kappa shape index (κ1) is 12.6. The van der Waals surface area contributed by atoms with Crippen molar-refractivity contribution in [3.8, 4) is 0 Å². The quantitative estimate of drug-likeness (QED) is 0.481. The third-order valence-electron chi connectivity index (χ3n) is 1.95. The molecule has 17 heavy (non-hydrogen) atoms. The Kier molecular flexibility index (Phi) is 3.76. The molecule has 0 aliphatic heterocycles. The van der Waals surface area contributed by atoms with Gasteiger partial charge in [-0.25, -0.2) is 9.59 Å². The molecule has 0 aromatic heterocycles. The van der Waals surface area contributed by atoms with Gasteiger partial charge in [0.05, 0.1) is 10.5 Å². The van der Waals surface area contributed by atoms with Crippen molar-refractivity contribution in [2.24, 2.45) is 0 Å². The van der Waals surface area contributed by atoms with Crippen molar-refractivity contribution in [1.82, 2.24) is 0 Å². The summed E-state index contributed by atoms with van der Waals surface area (Å²) in [6.07, 6.45) is -1.27. The van der Waals surface area contributed by atoms with E-state index in [0.717, 1.165) is 12.1 Å². The molecule has 0 spiro atoms. The molecule has 0 saturated heterocycles. The fourth-order valence-electron chi connectivity index (χ4n) is 0.998. The lowest BCUT2D eigenvalue weighted by atomic mass is 10.2. The summed E-state index contributed by atoms with van der Waals surface area (Å²) in [5, 5.41) is 18.9. The van der Waals surface area contributed by atoms with Crippen LogP contribution in [0.5, 0.6) is 0 Å². The fraction of sp³-hybridized carbons (Fsp3) is 0.200. The van der Waals surface area contributed by atoms with Crippen molar-refractivity contribution in [3.63, 3.8) is 0 Å². The zero-order chi connectivity index (χ0) is 13.0. The van der Waals surface area contributed by atoms with Gasteiger partial charge in [0.2, 0.25) is 0 Å². The number of nitrogens with zero attached hydrogens (tertiary/aromatic N) is 1. The number of non-ortho nitro benzene ring substituents is 1. The second kappa shape index (κ2) is 5.06. The van der Waals surface area contributed by atoms with E-state index in [0.29, 0.717) is 0 Å². The Bertz CT molecular complexity index is 452. The van der Waals surface area contributed by atoms with Crippen LogP contribution in [-0.2, 0) is 9.53 Å². The van der Waals surface area contributed by atoms with Crippen molar-refractivity contribution in [2.45, 2.75) is 13.0 Å². The van der Waals surface area contributed by atoms with Crippen LogP contribution in [0.4, 0.5) is 5.69 Å². The molecule has 1 N–H and O–H groups in total. The van der Waals surface area contributed by atoms with E-state index in [-0.39, 0.29) is 11.3 Å². The maximum absolute atomic E-state index is 11.4. The number of carboxylic acid groups (broad SMARTS) is 1. The van der Waals surface area contributed by atoms with Gasteiger partial charge in [-0.3, -0.25) is 10.1 Å². The molecule has 1 atom stereocenters. The summed E-state index contributed by atoms with van der Waals surface area (Å²) >= 11 is 0. The Morgan fingerprint density at radius 1 is 1.35 bits per heavy atom. The van der Waals surface area contributed by atoms with Crippen LogP contribution in [-0.4, -0.2) is 28.1 Å². The highest BCUT2D eigenvalue weighted by atomic mass is 16.6. The number of nitro groups is 1. The number of esters is 1. The first-order valence-electron chi connectivity index (χ1n) is 4.60. The zero-order valence-electron chi connectivity index (χ0n) is 8.82. The summed E-state index contributed by atoms with van der Waals surface area (Å²) in [6.45, 7) is 1.21. The Balaban J connectivity index is 2.77. The molecule has 7 nitrogen and oxygen atoms in total. The number of ether oxygens (including phenoxy) is 1. The van der Waals surface area contributed by atoms with Crippen LogP contribution in [0.3, 0.4) is 0 Å². The number of hydrogen-bond acceptors (Lipinski definition) is 5. The lowest BCUT2D eigenvalue weighted by molar-refractivity contribution is -0.384. The van der Waals surface area contributed by atoms with E-state index in [2.05, 4.69) is 4.74 Å². The van der Waals surface area contributed by atoms with Gasteiger partial charge in [-0.1, -0.05) is 0 Å². The Labute approximate surface area is 95.8 Å². The number of nitro benzene ring substituents is 1. The van der Waals surface area contributed by atoms with Crippen molar-refractivity contribution in [1.29, 1.82) is 0 Å². The molecule has 1 unspecified atom stereocenters. The predicted molar refractivity (Wildman–Crippen MR) is 55.6 cm³/mol. The maximum Gasteiger partial charge on any atom is 0.344 e. The van der Waals surface area contributed by atoms with E-state index in [1.165, 1.54) is 19.1 Å². The number of aliphatic carboxylic acids is 1. The lowest BCUT2D eigenvalue weighted by Crippen LogP contribution is -2.23. The molecule has 7 heteroatoms. The molecule has 0 radical (unpaired) electrons. The SMILES string of the molecule is CC(OC(=O)c1ccc([N+](=O)[O-])cc1)C(=O)O. The number of hydrogen-bond donors (Lipinski definition) is 1. The van der Waals surface area contributed by atoms with Crippen LogP contribution in [0.25, 0.3) is 0 Å². The third-order valence-corrected chi connectivity index (χ3v) is 1.95. The molecule has 0 aliphatic carbocycles. The molecule has 1 aromatic carbocycles. The van der Waals surface area contributed by atoms with Crippen molar-refractivity contribution in [3.05, 3.63) is 39.9 Å². The van der Waals surface area contributed by atoms with Crippen molar-refractivity contribution in [2.75, 3.05) is 0 Å². The lowest BCUT2D eigenvalue weighted by Gasteiger charge is -2.08. The van der Waals surface area contributed by atoms with Gasteiger partial charge in [0.25, 0.3) is 5.69 Å². The molecule has 90 valence electrons. The van der Waals surface area contributed by atoms with E-state index in [1.54, 1.807) is 0 Å². The zero-order valence-corrected chi connectivity index (χ0v) is 8.82. The molecule has 0 aliphatic rings. The molecule has 0 heterocycles. The Hall–Kier alpha value is -2.44. The fourth-order valence-corrected chi connectivity index (χ4v) is 0.998. The minimum Gasteiger partial charge on any atom is -0.479 e. The maximum atomic E-state index is 11.4. The second-order valence-corrected chi connectivity index (χ2v) is 3.19. The molecule has 0 saturated carbocycles. The van der Waals surface area contributed by atoms with E-state index in [9.17, 15) is 19.7 Å². The summed E-state index contributed by atoms with van der Waals surface area (Å²) < 4.78 is 4.59. The smallest absolute Gasteiger partial charge is 0.344 e. The highest BCUT2D eigenvalue weighted by molar-refractivity contribution is 5.91. The van der Waals surface area contributed by atoms with Gasteiger partial charge in [-0.15, -0.1) is 0 Å². The van der Waals surface area contributed by atoms with Crippen LogP contribution in [0.15, 0.2) is 24.3 Å². The van der Waals surface area contributed by atoms with E-state index in [4.69, 9.17) is 5.11 Å². The normalized spacial score (nSPS) is 11.6. The van der Waals surface area contributed by atoms with Crippen LogP contribution >= 0.6 is 0 Å². The topological polar surface area (TPSA) is 107 Å². The Morgan fingerprint density at radius 3 is 2.29 bits per heavy atom. The minimum atomic E-state index is -1.27. The summed E-state index contributed by atoms with van der Waals surface area (Å²) in [6, 6.07) is 4.69. The molecule has 0 fully saturated rings. The molecule has 0 amide bonds. The van der Waals surface area contributed by atoms with Gasteiger partial charge in [0.1, 0.15) is 0 Å². The van der Waals surface area contributed by atoms with Gasteiger partial charge in [-0.2, -0.15) is 0 Å². The molecule has 1 aromatic rings. The number of carbonyl (C=O) groups excluding carboxylic acids is 1. The number of rotatable bonds is 4. The summed E-state index contributed by atoms with van der Waals surface area (Å²) in [5.74, 6) is -2.10. The predicted octanol–water partition coefficient (Wildman–Crippen LogP) is 1.22. The highest BCUT2D eigenvalue weighted by Crippen LogP contribution is 2.13. The molecule has 0 bridgehead atoms. The van der Waals surface area contributed by atoms with Crippen LogP contribution in [0.1, 0.15) is 17.3 Å². The Morgan fingerprint density at radius 2 is 1.88 bits per heavy atom. The number of carbonyl (C=O) groups is 2. The summed E-state index contributed by atoms with van der Waals surface area (Å²) in [5.41, 5.74) is -0.100. The van der Waals surface area contributed by atoms with Gasteiger partial charge >= 0.3 is 11.9 Å². The first-order chi connectivity index (χ1) is 7.91. The van der Waals surface area contributed by atoms with E-state index < -0.39 is 23.0 Å². The second-order valence-electron chi connectivity index (χ2n) is 3.19. The van der Waals surface area contributed by atoms with Crippen LogP contribution in [0, 0.1) is 10.1 Å². The van der Waals surface area contributed by atoms with Crippen LogP contribution in [0.2, 0.25) is 0 Å². The van der Waals surface area contributed by atoms with Crippen LogP contribution < -0.4 is 0 Å². The van der Waals surface area contributed by atoms with E-state index >= 15 is 0 Å². The van der Waals surface area contributed by atoms with E-state index in [1.807, 2.05) is 0 Å². The molecule has 1 rings (SSSR count). The van der Waals surface area contributed by atoms with Crippen molar-refractivity contribution >= 4 is 17.6 Å². The third kappa shape index (κ3) is 3.26. The van der Waals surface area contributed by atoms with Gasteiger partial charge in [0, 0.05) is 12.1 Å².